The Bertz CT molecular complexity index is 752. The van der Waals surface area contributed by atoms with Gasteiger partial charge in [0.05, 0.1) is 5.56 Å². The summed E-state index contributed by atoms with van der Waals surface area (Å²) in [6, 6.07) is 12.7. The Labute approximate surface area is 149 Å². The van der Waals surface area contributed by atoms with Gasteiger partial charge in [-0.2, -0.15) is 0 Å². The smallest absolute Gasteiger partial charge is 0.255 e. The monoisotopic (exact) mass is 339 g/mol. The van der Waals surface area contributed by atoms with Crippen LogP contribution in [0.15, 0.2) is 42.5 Å². The number of carbonyl (C=O) groups is 2. The molecule has 2 amide bonds. The van der Waals surface area contributed by atoms with E-state index >= 15 is 0 Å². The fourth-order valence-corrected chi connectivity index (χ4v) is 2.43. The first-order valence-electron chi connectivity index (χ1n) is 8.40. The quantitative estimate of drug-likeness (QED) is 0.847. The molecule has 2 rings (SSSR count). The van der Waals surface area contributed by atoms with Gasteiger partial charge in [0.2, 0.25) is 0 Å². The first-order chi connectivity index (χ1) is 11.9. The van der Waals surface area contributed by atoms with Gasteiger partial charge in [0, 0.05) is 37.6 Å². The van der Waals surface area contributed by atoms with Gasteiger partial charge in [0.15, 0.2) is 0 Å². The number of nitrogens with zero attached hydrogens (tertiary/aromatic N) is 1. The van der Waals surface area contributed by atoms with Crippen molar-refractivity contribution in [1.82, 2.24) is 5.32 Å². The third-order valence-electron chi connectivity index (χ3n) is 3.83. The van der Waals surface area contributed by atoms with Crippen molar-refractivity contribution in [3.63, 3.8) is 0 Å². The molecule has 0 saturated heterocycles. The van der Waals surface area contributed by atoms with E-state index in [0.29, 0.717) is 23.4 Å². The lowest BCUT2D eigenvalue weighted by molar-refractivity contribution is 0.0952. The summed E-state index contributed by atoms with van der Waals surface area (Å²) in [5.41, 5.74) is 3.63. The number of hydrogen-bond donors (Lipinski definition) is 2. The van der Waals surface area contributed by atoms with Crippen LogP contribution in [0.5, 0.6) is 0 Å². The summed E-state index contributed by atoms with van der Waals surface area (Å²) in [5.74, 6) is -0.338. The number of amides is 2. The van der Waals surface area contributed by atoms with E-state index < -0.39 is 0 Å². The summed E-state index contributed by atoms with van der Waals surface area (Å²) >= 11 is 0. The van der Waals surface area contributed by atoms with Crippen LogP contribution in [0.3, 0.4) is 0 Å². The normalized spacial score (nSPS) is 10.2. The molecule has 0 fully saturated rings. The van der Waals surface area contributed by atoms with Crippen molar-refractivity contribution >= 4 is 23.2 Å². The molecular weight excluding hydrogens is 314 g/mol. The van der Waals surface area contributed by atoms with E-state index in [1.165, 1.54) is 0 Å². The van der Waals surface area contributed by atoms with Gasteiger partial charge in [0.1, 0.15) is 0 Å². The summed E-state index contributed by atoms with van der Waals surface area (Å²) < 4.78 is 0. The van der Waals surface area contributed by atoms with E-state index in [4.69, 9.17) is 0 Å². The molecule has 0 aliphatic carbocycles. The molecule has 0 saturated carbocycles. The van der Waals surface area contributed by atoms with Crippen molar-refractivity contribution < 1.29 is 9.59 Å². The number of rotatable bonds is 6. The summed E-state index contributed by atoms with van der Waals surface area (Å²) in [6.45, 7) is 4.60. The van der Waals surface area contributed by atoms with E-state index in [2.05, 4.69) is 10.6 Å². The molecule has 5 nitrogen and oxygen atoms in total. The lowest BCUT2D eigenvalue weighted by Crippen LogP contribution is -2.26. The van der Waals surface area contributed by atoms with Gasteiger partial charge >= 0.3 is 0 Å². The molecule has 0 spiro atoms. The van der Waals surface area contributed by atoms with Gasteiger partial charge < -0.3 is 15.5 Å². The van der Waals surface area contributed by atoms with Gasteiger partial charge in [-0.05, 0) is 43.7 Å². The maximum Gasteiger partial charge on any atom is 0.255 e. The molecule has 0 radical (unpaired) electrons. The van der Waals surface area contributed by atoms with Crippen molar-refractivity contribution in [2.24, 2.45) is 0 Å². The van der Waals surface area contributed by atoms with Gasteiger partial charge in [-0.15, -0.1) is 0 Å². The molecule has 2 aromatic rings. The molecule has 0 aliphatic rings. The minimum Gasteiger partial charge on any atom is -0.377 e. The number of hydrogen-bond acceptors (Lipinski definition) is 3. The third kappa shape index (κ3) is 4.83. The second-order valence-electron chi connectivity index (χ2n) is 6.20. The minimum absolute atomic E-state index is 0.142. The van der Waals surface area contributed by atoms with Crippen LogP contribution in [0.4, 0.5) is 11.4 Å². The van der Waals surface area contributed by atoms with Crippen molar-refractivity contribution in [2.45, 2.75) is 20.3 Å². The SMILES string of the molecule is CCCNC(=O)c1cc(NC(=O)c2ccc(C)cc2)ccc1N(C)C. The van der Waals surface area contributed by atoms with Crippen LogP contribution in [0.25, 0.3) is 0 Å². The molecular formula is C20H25N3O2. The maximum absolute atomic E-state index is 12.4. The van der Waals surface area contributed by atoms with Crippen molar-refractivity contribution in [3.05, 3.63) is 59.2 Å². The maximum atomic E-state index is 12.4. The molecule has 0 aliphatic heterocycles. The van der Waals surface area contributed by atoms with E-state index in [9.17, 15) is 9.59 Å². The van der Waals surface area contributed by atoms with Crippen molar-refractivity contribution in [3.8, 4) is 0 Å². The molecule has 0 unspecified atom stereocenters. The zero-order valence-electron chi connectivity index (χ0n) is 15.2. The minimum atomic E-state index is -0.197. The molecule has 0 bridgehead atoms. The molecule has 0 atom stereocenters. The Morgan fingerprint density at radius 2 is 1.68 bits per heavy atom. The van der Waals surface area contributed by atoms with Crippen LogP contribution in [0, 0.1) is 6.92 Å². The summed E-state index contributed by atoms with van der Waals surface area (Å²) in [6.07, 6.45) is 0.868. The Hall–Kier alpha value is -2.82. The van der Waals surface area contributed by atoms with Gasteiger partial charge in [-0.3, -0.25) is 9.59 Å². The van der Waals surface area contributed by atoms with Crippen LogP contribution < -0.4 is 15.5 Å². The van der Waals surface area contributed by atoms with E-state index in [1.54, 1.807) is 24.3 Å². The highest BCUT2D eigenvalue weighted by atomic mass is 16.2. The standard InChI is InChI=1S/C20H25N3O2/c1-5-12-21-20(25)17-13-16(10-11-18(17)23(3)4)22-19(24)15-8-6-14(2)7-9-15/h6-11,13H,5,12H2,1-4H3,(H,21,25)(H,22,24). The molecule has 2 aromatic carbocycles. The zero-order valence-corrected chi connectivity index (χ0v) is 15.2. The lowest BCUT2D eigenvalue weighted by atomic mass is 10.1. The summed E-state index contributed by atoms with van der Waals surface area (Å²) in [4.78, 5) is 26.7. The summed E-state index contributed by atoms with van der Waals surface area (Å²) in [5, 5.41) is 5.74. The van der Waals surface area contributed by atoms with Crippen LogP contribution in [0.1, 0.15) is 39.6 Å². The highest BCUT2D eigenvalue weighted by Crippen LogP contribution is 2.23. The predicted octanol–water partition coefficient (Wildman–Crippen LogP) is 3.45. The molecule has 5 heteroatoms. The summed E-state index contributed by atoms with van der Waals surface area (Å²) in [7, 11) is 3.77. The van der Waals surface area contributed by atoms with Crippen LogP contribution in [0.2, 0.25) is 0 Å². The topological polar surface area (TPSA) is 61.4 Å². The number of anilines is 2. The second-order valence-corrected chi connectivity index (χ2v) is 6.20. The third-order valence-corrected chi connectivity index (χ3v) is 3.83. The highest BCUT2D eigenvalue weighted by Gasteiger charge is 2.15. The van der Waals surface area contributed by atoms with Gasteiger partial charge in [-0.25, -0.2) is 0 Å². The van der Waals surface area contributed by atoms with E-state index in [-0.39, 0.29) is 11.8 Å². The molecule has 0 aromatic heterocycles. The molecule has 0 heterocycles. The molecule has 25 heavy (non-hydrogen) atoms. The van der Waals surface area contributed by atoms with E-state index in [0.717, 1.165) is 17.7 Å². The van der Waals surface area contributed by atoms with Crippen molar-refractivity contribution in [1.29, 1.82) is 0 Å². The Balaban J connectivity index is 2.25. The lowest BCUT2D eigenvalue weighted by Gasteiger charge is -2.18. The van der Waals surface area contributed by atoms with Crippen LogP contribution in [-0.4, -0.2) is 32.5 Å². The second kappa shape index (κ2) is 8.33. The fraction of sp³-hybridized carbons (Fsp3) is 0.300. The predicted molar refractivity (Wildman–Crippen MR) is 103 cm³/mol. The Morgan fingerprint density at radius 3 is 2.28 bits per heavy atom. The van der Waals surface area contributed by atoms with Crippen LogP contribution >= 0.6 is 0 Å². The fourth-order valence-electron chi connectivity index (χ4n) is 2.43. The molecule has 132 valence electrons. The zero-order chi connectivity index (χ0) is 18.4. The Morgan fingerprint density at radius 1 is 1.00 bits per heavy atom. The Kier molecular flexibility index (Phi) is 6.17. The first kappa shape index (κ1) is 18.5. The number of nitrogens with one attached hydrogen (secondary N) is 2. The number of benzene rings is 2. The number of carbonyl (C=O) groups excluding carboxylic acids is 2. The van der Waals surface area contributed by atoms with E-state index in [1.807, 2.05) is 51.0 Å². The average molecular weight is 339 g/mol. The molecule has 2 N–H and O–H groups in total. The van der Waals surface area contributed by atoms with Crippen molar-refractivity contribution in [2.75, 3.05) is 30.9 Å². The average Bonchev–Trinajstić information content (AvgIpc) is 2.59. The van der Waals surface area contributed by atoms with Crippen LogP contribution in [-0.2, 0) is 0 Å². The highest BCUT2D eigenvalue weighted by molar-refractivity contribution is 6.06. The largest absolute Gasteiger partial charge is 0.377 e. The number of aryl methyl sites for hydroxylation is 1. The van der Waals surface area contributed by atoms with Gasteiger partial charge in [0.25, 0.3) is 11.8 Å². The first-order valence-corrected chi connectivity index (χ1v) is 8.40. The van der Waals surface area contributed by atoms with Gasteiger partial charge in [-0.1, -0.05) is 24.6 Å².